The van der Waals surface area contributed by atoms with E-state index in [0.29, 0.717) is 17.4 Å². The zero-order chi connectivity index (χ0) is 13.0. The van der Waals surface area contributed by atoms with Crippen LogP contribution in [0.5, 0.6) is 0 Å². The Labute approximate surface area is 113 Å². The lowest BCUT2D eigenvalue weighted by molar-refractivity contribution is 0.0982. The van der Waals surface area contributed by atoms with Gasteiger partial charge in [-0.1, -0.05) is 24.1 Å². The number of aliphatic hydroxyl groups is 1. The van der Waals surface area contributed by atoms with Crippen molar-refractivity contribution in [1.82, 2.24) is 0 Å². The number of hydrogen-bond donors (Lipinski definition) is 1. The molecule has 0 aromatic heterocycles. The van der Waals surface area contributed by atoms with E-state index < -0.39 is 0 Å². The molecule has 0 spiro atoms. The lowest BCUT2D eigenvalue weighted by atomic mass is 9.88. The van der Waals surface area contributed by atoms with Crippen molar-refractivity contribution in [3.63, 3.8) is 0 Å². The molecule has 1 atom stereocenters. The Hall–Kier alpha value is -0.860. The monoisotopic (exact) mass is 266 g/mol. The van der Waals surface area contributed by atoms with Crippen molar-refractivity contribution in [3.05, 3.63) is 34.3 Å². The largest absolute Gasteiger partial charge is 0.396 e. The summed E-state index contributed by atoms with van der Waals surface area (Å²) >= 11 is 5.98. The lowest BCUT2D eigenvalue weighted by Crippen LogP contribution is -2.04. The Bertz CT molecular complexity index is 429. The van der Waals surface area contributed by atoms with Gasteiger partial charge in [-0.2, -0.15) is 0 Å². The van der Waals surface area contributed by atoms with E-state index in [1.165, 1.54) is 0 Å². The molecule has 1 aliphatic carbocycles. The Kier molecular flexibility index (Phi) is 4.79. The second kappa shape index (κ2) is 6.35. The second-order valence-corrected chi connectivity index (χ2v) is 5.40. The molecular formula is C15H19ClO2. The minimum atomic E-state index is 0.220. The third kappa shape index (κ3) is 3.12. The van der Waals surface area contributed by atoms with Crippen molar-refractivity contribution in [3.8, 4) is 0 Å². The number of halogens is 1. The summed E-state index contributed by atoms with van der Waals surface area (Å²) in [5, 5.41) is 9.49. The molecule has 2 nitrogen and oxygen atoms in total. The number of benzene rings is 1. The van der Waals surface area contributed by atoms with E-state index in [0.717, 1.165) is 43.2 Å². The van der Waals surface area contributed by atoms with Crippen LogP contribution in [0.25, 0.3) is 0 Å². The fourth-order valence-corrected chi connectivity index (χ4v) is 2.90. The third-order valence-electron chi connectivity index (χ3n) is 3.67. The van der Waals surface area contributed by atoms with Gasteiger partial charge in [-0.15, -0.1) is 0 Å². The van der Waals surface area contributed by atoms with Crippen LogP contribution >= 0.6 is 11.6 Å². The van der Waals surface area contributed by atoms with E-state index in [1.54, 1.807) is 0 Å². The molecule has 1 aliphatic rings. The van der Waals surface area contributed by atoms with Crippen LogP contribution in [-0.4, -0.2) is 17.5 Å². The van der Waals surface area contributed by atoms with Crippen LogP contribution in [0.3, 0.4) is 0 Å². The van der Waals surface area contributed by atoms with Crippen molar-refractivity contribution in [2.75, 3.05) is 6.61 Å². The first-order valence-electron chi connectivity index (χ1n) is 6.66. The SMILES string of the molecule is O=C1CCCC(CCCCO)c2ccc(Cl)cc21. The van der Waals surface area contributed by atoms with Crippen molar-refractivity contribution < 1.29 is 9.90 Å². The number of rotatable bonds is 4. The number of carbonyl (C=O) groups excluding carboxylic acids is 1. The Morgan fingerprint density at radius 3 is 2.94 bits per heavy atom. The highest BCUT2D eigenvalue weighted by Crippen LogP contribution is 2.35. The molecule has 0 bridgehead atoms. The normalized spacial score (nSPS) is 19.4. The summed E-state index contributed by atoms with van der Waals surface area (Å²) in [7, 11) is 0. The fraction of sp³-hybridized carbons (Fsp3) is 0.533. The van der Waals surface area contributed by atoms with Gasteiger partial charge in [-0.25, -0.2) is 0 Å². The van der Waals surface area contributed by atoms with E-state index in [4.69, 9.17) is 16.7 Å². The number of carbonyl (C=O) groups is 1. The van der Waals surface area contributed by atoms with Crippen molar-refractivity contribution >= 4 is 17.4 Å². The molecule has 0 aliphatic heterocycles. The summed E-state index contributed by atoms with van der Waals surface area (Å²) in [4.78, 5) is 12.0. The van der Waals surface area contributed by atoms with Crippen LogP contribution in [0.4, 0.5) is 0 Å². The summed E-state index contributed by atoms with van der Waals surface area (Å²) in [5.74, 6) is 0.660. The predicted molar refractivity (Wildman–Crippen MR) is 73.3 cm³/mol. The maximum Gasteiger partial charge on any atom is 0.163 e. The molecule has 1 N–H and O–H groups in total. The maximum atomic E-state index is 12.0. The van der Waals surface area contributed by atoms with E-state index in [2.05, 4.69) is 0 Å². The zero-order valence-electron chi connectivity index (χ0n) is 10.5. The predicted octanol–water partition coefficient (Wildman–Crippen LogP) is 3.95. The molecule has 0 saturated heterocycles. The average molecular weight is 267 g/mol. The highest BCUT2D eigenvalue weighted by atomic mass is 35.5. The molecule has 0 fully saturated rings. The average Bonchev–Trinajstić information content (AvgIpc) is 2.50. The number of aliphatic hydroxyl groups excluding tert-OH is 1. The van der Waals surface area contributed by atoms with E-state index in [9.17, 15) is 4.79 Å². The molecule has 3 heteroatoms. The minimum absolute atomic E-state index is 0.220. The van der Waals surface area contributed by atoms with Gasteiger partial charge in [-0.05, 0) is 49.3 Å². The summed E-state index contributed by atoms with van der Waals surface area (Å²) in [6.45, 7) is 0.249. The van der Waals surface area contributed by atoms with Crippen molar-refractivity contribution in [2.24, 2.45) is 0 Å². The quantitative estimate of drug-likeness (QED) is 0.662. The van der Waals surface area contributed by atoms with Gasteiger partial charge in [-0.3, -0.25) is 4.79 Å². The molecule has 18 heavy (non-hydrogen) atoms. The molecular weight excluding hydrogens is 248 g/mol. The summed E-state index contributed by atoms with van der Waals surface area (Å²) in [5.41, 5.74) is 1.97. The minimum Gasteiger partial charge on any atom is -0.396 e. The van der Waals surface area contributed by atoms with Gasteiger partial charge in [0, 0.05) is 23.6 Å². The smallest absolute Gasteiger partial charge is 0.163 e. The van der Waals surface area contributed by atoms with Gasteiger partial charge in [0.2, 0.25) is 0 Å². The molecule has 98 valence electrons. The number of hydrogen-bond acceptors (Lipinski definition) is 2. The van der Waals surface area contributed by atoms with Crippen LogP contribution in [0.15, 0.2) is 18.2 Å². The van der Waals surface area contributed by atoms with Crippen molar-refractivity contribution in [2.45, 2.75) is 44.4 Å². The van der Waals surface area contributed by atoms with Gasteiger partial charge in [0.05, 0.1) is 0 Å². The summed E-state index contributed by atoms with van der Waals surface area (Å²) < 4.78 is 0. The second-order valence-electron chi connectivity index (χ2n) is 4.96. The molecule has 0 amide bonds. The first-order valence-corrected chi connectivity index (χ1v) is 7.03. The topological polar surface area (TPSA) is 37.3 Å². The molecule has 0 radical (unpaired) electrons. The molecule has 2 rings (SSSR count). The van der Waals surface area contributed by atoms with Crippen LogP contribution in [0, 0.1) is 0 Å². The van der Waals surface area contributed by atoms with Gasteiger partial charge >= 0.3 is 0 Å². The molecule has 1 aromatic carbocycles. The Morgan fingerprint density at radius 2 is 2.17 bits per heavy atom. The Morgan fingerprint density at radius 1 is 1.33 bits per heavy atom. The highest BCUT2D eigenvalue weighted by Gasteiger charge is 2.23. The van der Waals surface area contributed by atoms with Crippen LogP contribution in [0.2, 0.25) is 5.02 Å². The third-order valence-corrected chi connectivity index (χ3v) is 3.91. The molecule has 1 aromatic rings. The number of ketones is 1. The van der Waals surface area contributed by atoms with Crippen molar-refractivity contribution in [1.29, 1.82) is 0 Å². The van der Waals surface area contributed by atoms with Crippen LogP contribution in [0.1, 0.15) is 60.4 Å². The van der Waals surface area contributed by atoms with E-state index in [1.807, 2.05) is 18.2 Å². The van der Waals surface area contributed by atoms with Gasteiger partial charge < -0.3 is 5.11 Å². The molecule has 0 heterocycles. The van der Waals surface area contributed by atoms with Crippen LogP contribution in [-0.2, 0) is 0 Å². The highest BCUT2D eigenvalue weighted by molar-refractivity contribution is 6.31. The first kappa shape index (κ1) is 13.6. The number of Topliss-reactive ketones (excluding diaryl/α,β-unsaturated/α-hetero) is 1. The first-order chi connectivity index (χ1) is 8.72. The number of unbranched alkanes of at least 4 members (excludes halogenated alkanes) is 1. The van der Waals surface area contributed by atoms with Crippen LogP contribution < -0.4 is 0 Å². The van der Waals surface area contributed by atoms with E-state index >= 15 is 0 Å². The van der Waals surface area contributed by atoms with Gasteiger partial charge in [0.1, 0.15) is 0 Å². The molecule has 0 saturated carbocycles. The zero-order valence-corrected chi connectivity index (χ0v) is 11.2. The van der Waals surface area contributed by atoms with E-state index in [-0.39, 0.29) is 12.4 Å². The Balaban J connectivity index is 2.22. The summed E-state index contributed by atoms with van der Waals surface area (Å²) in [6.07, 6.45) is 5.54. The lowest BCUT2D eigenvalue weighted by Gasteiger charge is -2.17. The van der Waals surface area contributed by atoms with Gasteiger partial charge in [0.15, 0.2) is 5.78 Å². The number of fused-ring (bicyclic) bond motifs is 1. The maximum absolute atomic E-state index is 12.0. The summed E-state index contributed by atoms with van der Waals surface area (Å²) in [6, 6.07) is 5.69. The van der Waals surface area contributed by atoms with Gasteiger partial charge in [0.25, 0.3) is 0 Å². The molecule has 1 unspecified atom stereocenters. The standard InChI is InChI=1S/C15H19ClO2/c16-12-7-8-13-11(4-1-2-9-17)5-3-6-15(18)14(13)10-12/h7-8,10-11,17H,1-6,9H2. The fourth-order valence-electron chi connectivity index (χ4n) is 2.73.